The summed E-state index contributed by atoms with van der Waals surface area (Å²) in [6.07, 6.45) is 0.804. The molecule has 150 valence electrons. The normalized spacial score (nSPS) is 11.4. The molecule has 0 saturated carbocycles. The minimum atomic E-state index is -0.461. The number of amides is 2. The third kappa shape index (κ3) is 5.99. The number of rotatable bonds is 5. The summed E-state index contributed by atoms with van der Waals surface area (Å²) in [5.74, 6) is -0.368. The number of hydrogen-bond acceptors (Lipinski definition) is 3. The van der Waals surface area contributed by atoms with E-state index in [4.69, 9.17) is 11.6 Å². The molecule has 0 heterocycles. The van der Waals surface area contributed by atoms with Gasteiger partial charge < -0.3 is 15.7 Å². The van der Waals surface area contributed by atoms with E-state index in [2.05, 4.69) is 24.5 Å². The van der Waals surface area contributed by atoms with Crippen molar-refractivity contribution in [2.75, 3.05) is 5.32 Å². The molecule has 2 amide bonds. The summed E-state index contributed by atoms with van der Waals surface area (Å²) in [5, 5.41) is 15.9. The zero-order valence-corrected chi connectivity index (χ0v) is 17.6. The molecule has 3 N–H and O–H groups in total. The average Bonchev–Trinajstić information content (AvgIpc) is 2.56. The highest BCUT2D eigenvalue weighted by molar-refractivity contribution is 6.34. The van der Waals surface area contributed by atoms with E-state index in [0.29, 0.717) is 17.2 Å². The lowest BCUT2D eigenvalue weighted by molar-refractivity contribution is 0.0919. The summed E-state index contributed by atoms with van der Waals surface area (Å²) in [6.45, 7) is 9.84. The number of phenolic OH excluding ortho intramolecular Hbond substituents is 1. The van der Waals surface area contributed by atoms with Gasteiger partial charge in [0.05, 0.1) is 16.3 Å². The van der Waals surface area contributed by atoms with E-state index < -0.39 is 5.91 Å². The lowest BCUT2D eigenvalue weighted by Gasteiger charge is -2.20. The molecule has 6 heteroatoms. The van der Waals surface area contributed by atoms with E-state index in [0.717, 1.165) is 12.0 Å². The molecule has 0 aliphatic rings. The molecule has 0 unspecified atom stereocenters. The van der Waals surface area contributed by atoms with Crippen LogP contribution < -0.4 is 10.6 Å². The summed E-state index contributed by atoms with van der Waals surface area (Å²) in [4.78, 5) is 24.9. The Kier molecular flexibility index (Phi) is 6.73. The molecule has 0 bridgehead atoms. The van der Waals surface area contributed by atoms with Gasteiger partial charge >= 0.3 is 0 Å². The number of nitrogens with one attached hydrogen (secondary N) is 2. The van der Waals surface area contributed by atoms with Gasteiger partial charge in [0.15, 0.2) is 0 Å². The van der Waals surface area contributed by atoms with Crippen molar-refractivity contribution in [3.8, 4) is 5.75 Å². The molecule has 0 aliphatic carbocycles. The van der Waals surface area contributed by atoms with Gasteiger partial charge in [0.25, 0.3) is 11.8 Å². The second-order valence-electron chi connectivity index (χ2n) is 8.30. The number of carbonyl (C=O) groups is 2. The highest BCUT2D eigenvalue weighted by atomic mass is 35.5. The first-order chi connectivity index (χ1) is 13.0. The lowest BCUT2D eigenvalue weighted by atomic mass is 10.00. The first-order valence-electron chi connectivity index (χ1n) is 9.21. The summed E-state index contributed by atoms with van der Waals surface area (Å²) < 4.78 is 0. The van der Waals surface area contributed by atoms with Crippen molar-refractivity contribution in [2.45, 2.75) is 46.6 Å². The van der Waals surface area contributed by atoms with Crippen LogP contribution in [-0.4, -0.2) is 22.5 Å². The van der Waals surface area contributed by atoms with Crippen molar-refractivity contribution in [3.05, 3.63) is 58.1 Å². The third-order valence-electron chi connectivity index (χ3n) is 3.92. The highest BCUT2D eigenvalue weighted by Gasteiger charge is 2.18. The van der Waals surface area contributed by atoms with Gasteiger partial charge in [-0.15, -0.1) is 0 Å². The number of halogens is 1. The van der Waals surface area contributed by atoms with Crippen LogP contribution in [0.3, 0.4) is 0 Å². The molecule has 0 spiro atoms. The minimum absolute atomic E-state index is 0.0951. The van der Waals surface area contributed by atoms with Crippen molar-refractivity contribution in [1.29, 1.82) is 0 Å². The van der Waals surface area contributed by atoms with Gasteiger partial charge in [-0.05, 0) is 69.0 Å². The molecule has 0 atom stereocenters. The van der Waals surface area contributed by atoms with Crippen LogP contribution in [-0.2, 0) is 6.42 Å². The topological polar surface area (TPSA) is 78.4 Å². The van der Waals surface area contributed by atoms with Crippen molar-refractivity contribution in [2.24, 2.45) is 5.92 Å². The number of aromatic hydroxyl groups is 1. The van der Waals surface area contributed by atoms with Gasteiger partial charge in [0.2, 0.25) is 0 Å². The fraction of sp³-hybridized carbons (Fsp3) is 0.364. The molecule has 5 nitrogen and oxygen atoms in total. The zero-order chi connectivity index (χ0) is 21.1. The predicted octanol–water partition coefficient (Wildman–Crippen LogP) is 5.02. The van der Waals surface area contributed by atoms with Crippen LogP contribution in [0.5, 0.6) is 5.75 Å². The van der Waals surface area contributed by atoms with E-state index in [-0.39, 0.29) is 27.8 Å². The number of benzene rings is 2. The van der Waals surface area contributed by atoms with Crippen molar-refractivity contribution in [3.63, 3.8) is 0 Å². The molecule has 2 rings (SSSR count). The average molecular weight is 403 g/mol. The first-order valence-corrected chi connectivity index (χ1v) is 9.59. The second-order valence-corrected chi connectivity index (χ2v) is 8.71. The number of anilines is 1. The van der Waals surface area contributed by atoms with E-state index in [1.54, 1.807) is 18.2 Å². The standard InChI is InChI=1S/C22H27ClN2O3/c1-13(2)10-14-6-9-19(26)16(11-14)21(28)24-18-8-7-15(12-17(18)23)20(27)25-22(3,4)5/h6-9,11-13,26H,10H2,1-5H3,(H,24,28)(H,25,27). The molecule has 0 aliphatic heterocycles. The molecular weight excluding hydrogens is 376 g/mol. The third-order valence-corrected chi connectivity index (χ3v) is 4.23. The molecule has 2 aromatic carbocycles. The second kappa shape index (κ2) is 8.65. The largest absolute Gasteiger partial charge is 0.507 e. The Morgan fingerprint density at radius 3 is 2.32 bits per heavy atom. The monoisotopic (exact) mass is 402 g/mol. The van der Waals surface area contributed by atoms with Crippen LogP contribution in [0, 0.1) is 5.92 Å². The van der Waals surface area contributed by atoms with Crippen molar-refractivity contribution in [1.82, 2.24) is 5.32 Å². The Labute approximate surface area is 171 Å². The summed E-state index contributed by atoms with van der Waals surface area (Å²) in [6, 6.07) is 9.69. The molecule has 0 radical (unpaired) electrons. The first kappa shape index (κ1) is 21.8. The van der Waals surface area contributed by atoms with Crippen LogP contribution in [0.2, 0.25) is 5.02 Å². The van der Waals surface area contributed by atoms with E-state index >= 15 is 0 Å². The highest BCUT2D eigenvalue weighted by Crippen LogP contribution is 2.26. The molecule has 2 aromatic rings. The van der Waals surface area contributed by atoms with Crippen molar-refractivity contribution < 1.29 is 14.7 Å². The van der Waals surface area contributed by atoms with Crippen LogP contribution >= 0.6 is 11.6 Å². The van der Waals surface area contributed by atoms with Gasteiger partial charge in [0, 0.05) is 11.1 Å². The maximum atomic E-state index is 12.6. The molecule has 0 aromatic heterocycles. The molecular formula is C22H27ClN2O3. The number of carbonyl (C=O) groups excluding carboxylic acids is 2. The molecule has 0 saturated heterocycles. The van der Waals surface area contributed by atoms with E-state index in [9.17, 15) is 14.7 Å². The Balaban J connectivity index is 2.20. The van der Waals surface area contributed by atoms with E-state index in [1.807, 2.05) is 26.8 Å². The summed E-state index contributed by atoms with van der Waals surface area (Å²) in [5.41, 5.74) is 1.56. The Bertz CT molecular complexity index is 886. The Hall–Kier alpha value is -2.53. The van der Waals surface area contributed by atoms with Gasteiger partial charge in [-0.3, -0.25) is 9.59 Å². The zero-order valence-electron chi connectivity index (χ0n) is 16.9. The van der Waals surface area contributed by atoms with Gasteiger partial charge in [-0.2, -0.15) is 0 Å². The van der Waals surface area contributed by atoms with Crippen LogP contribution in [0.15, 0.2) is 36.4 Å². The quantitative estimate of drug-likeness (QED) is 0.656. The number of phenols is 1. The SMILES string of the molecule is CC(C)Cc1ccc(O)c(C(=O)Nc2ccc(C(=O)NC(C)(C)C)cc2Cl)c1. The van der Waals surface area contributed by atoms with E-state index in [1.165, 1.54) is 12.1 Å². The van der Waals surface area contributed by atoms with Gasteiger partial charge in [0.1, 0.15) is 5.75 Å². The smallest absolute Gasteiger partial charge is 0.259 e. The Morgan fingerprint density at radius 2 is 1.75 bits per heavy atom. The fourth-order valence-electron chi connectivity index (χ4n) is 2.72. The predicted molar refractivity (Wildman–Crippen MR) is 113 cm³/mol. The van der Waals surface area contributed by atoms with Crippen LogP contribution in [0.25, 0.3) is 0 Å². The van der Waals surface area contributed by atoms with Crippen LogP contribution in [0.1, 0.15) is 60.9 Å². The Morgan fingerprint density at radius 1 is 1.07 bits per heavy atom. The maximum absolute atomic E-state index is 12.6. The molecule has 0 fully saturated rings. The van der Waals surface area contributed by atoms with Gasteiger partial charge in [-0.25, -0.2) is 0 Å². The summed E-state index contributed by atoms with van der Waals surface area (Å²) in [7, 11) is 0. The van der Waals surface area contributed by atoms with Crippen molar-refractivity contribution >= 4 is 29.1 Å². The fourth-order valence-corrected chi connectivity index (χ4v) is 2.95. The maximum Gasteiger partial charge on any atom is 0.259 e. The summed E-state index contributed by atoms with van der Waals surface area (Å²) >= 11 is 6.26. The lowest BCUT2D eigenvalue weighted by Crippen LogP contribution is -2.40. The molecule has 28 heavy (non-hydrogen) atoms. The van der Waals surface area contributed by atoms with Gasteiger partial charge in [-0.1, -0.05) is 31.5 Å². The minimum Gasteiger partial charge on any atom is -0.507 e. The number of hydrogen-bond donors (Lipinski definition) is 3. The van der Waals surface area contributed by atoms with Crippen LogP contribution in [0.4, 0.5) is 5.69 Å².